The summed E-state index contributed by atoms with van der Waals surface area (Å²) in [5.41, 5.74) is 6.97. The molecule has 3 aromatic rings. The molecule has 21 heavy (non-hydrogen) atoms. The number of nitrogens with zero attached hydrogens (tertiary/aromatic N) is 2. The number of rotatable bonds is 2. The van der Waals surface area contributed by atoms with Crippen molar-refractivity contribution >= 4 is 44.1 Å². The van der Waals surface area contributed by atoms with Crippen molar-refractivity contribution in [2.24, 2.45) is 0 Å². The van der Waals surface area contributed by atoms with Crippen molar-refractivity contribution in [2.75, 3.05) is 11.1 Å². The van der Waals surface area contributed by atoms with Crippen molar-refractivity contribution in [3.8, 4) is 0 Å². The van der Waals surface area contributed by atoms with Gasteiger partial charge in [0.25, 0.3) is 5.91 Å². The predicted octanol–water partition coefficient (Wildman–Crippen LogP) is 3.23. The molecule has 0 aliphatic heterocycles. The Hall–Kier alpha value is -2.47. The number of benzene rings is 1. The zero-order chi connectivity index (χ0) is 14.8. The SMILES string of the molecule is Nc1ncc(C(=O)Nc2ccncc2Br)c2ccccc12. The topological polar surface area (TPSA) is 80.9 Å². The van der Waals surface area contributed by atoms with Crippen molar-refractivity contribution in [1.29, 1.82) is 0 Å². The quantitative estimate of drug-likeness (QED) is 0.749. The summed E-state index contributed by atoms with van der Waals surface area (Å²) in [4.78, 5) is 20.5. The van der Waals surface area contributed by atoms with Crippen molar-refractivity contribution in [3.05, 3.63) is 59.0 Å². The highest BCUT2D eigenvalue weighted by Gasteiger charge is 2.13. The highest BCUT2D eigenvalue weighted by molar-refractivity contribution is 9.10. The molecule has 0 unspecified atom stereocenters. The number of amides is 1. The van der Waals surface area contributed by atoms with Crippen LogP contribution in [-0.4, -0.2) is 15.9 Å². The van der Waals surface area contributed by atoms with Crippen LogP contribution in [0.15, 0.2) is 53.4 Å². The van der Waals surface area contributed by atoms with Gasteiger partial charge < -0.3 is 11.1 Å². The Morgan fingerprint density at radius 3 is 2.67 bits per heavy atom. The van der Waals surface area contributed by atoms with Crippen molar-refractivity contribution in [1.82, 2.24) is 9.97 Å². The minimum Gasteiger partial charge on any atom is -0.383 e. The van der Waals surface area contributed by atoms with Crippen LogP contribution < -0.4 is 11.1 Å². The fourth-order valence-electron chi connectivity index (χ4n) is 2.06. The van der Waals surface area contributed by atoms with E-state index in [1.54, 1.807) is 18.5 Å². The lowest BCUT2D eigenvalue weighted by Gasteiger charge is -2.09. The molecule has 3 rings (SSSR count). The standard InChI is InChI=1S/C15H11BrN4O/c16-12-8-18-6-5-13(12)20-15(21)11-7-19-14(17)10-4-2-1-3-9(10)11/h1-8H,(H2,17,19)(H,18,20,21). The molecule has 0 radical (unpaired) electrons. The molecule has 3 N–H and O–H groups in total. The number of nitrogen functional groups attached to an aromatic ring is 1. The van der Waals surface area contributed by atoms with E-state index in [4.69, 9.17) is 5.73 Å². The molecule has 0 aliphatic carbocycles. The number of fused-ring (bicyclic) bond motifs is 1. The van der Waals surface area contributed by atoms with Gasteiger partial charge >= 0.3 is 0 Å². The molecule has 2 aromatic heterocycles. The maximum Gasteiger partial charge on any atom is 0.257 e. The molecular weight excluding hydrogens is 332 g/mol. The number of halogens is 1. The van der Waals surface area contributed by atoms with Crippen LogP contribution in [0, 0.1) is 0 Å². The Bertz CT molecular complexity index is 835. The third kappa shape index (κ3) is 2.57. The molecule has 0 saturated carbocycles. The van der Waals surface area contributed by atoms with Crippen LogP contribution >= 0.6 is 15.9 Å². The maximum absolute atomic E-state index is 12.5. The van der Waals surface area contributed by atoms with E-state index in [1.165, 1.54) is 6.20 Å². The minimum absolute atomic E-state index is 0.245. The fraction of sp³-hybridized carbons (Fsp3) is 0. The molecule has 104 valence electrons. The van der Waals surface area contributed by atoms with Gasteiger partial charge in [-0.15, -0.1) is 0 Å². The lowest BCUT2D eigenvalue weighted by Crippen LogP contribution is -2.13. The summed E-state index contributed by atoms with van der Waals surface area (Å²) in [5.74, 6) is 0.165. The zero-order valence-corrected chi connectivity index (χ0v) is 12.5. The lowest BCUT2D eigenvalue weighted by molar-refractivity contribution is 0.102. The van der Waals surface area contributed by atoms with E-state index in [9.17, 15) is 4.79 Å². The van der Waals surface area contributed by atoms with Gasteiger partial charge in [0.15, 0.2) is 0 Å². The number of anilines is 2. The lowest BCUT2D eigenvalue weighted by atomic mass is 10.1. The van der Waals surface area contributed by atoms with Gasteiger partial charge in [0.2, 0.25) is 0 Å². The number of nitrogens with two attached hydrogens (primary N) is 1. The molecule has 0 atom stereocenters. The van der Waals surface area contributed by atoms with Gasteiger partial charge in [0.1, 0.15) is 5.82 Å². The van der Waals surface area contributed by atoms with E-state index in [1.807, 2.05) is 24.3 Å². The average molecular weight is 343 g/mol. The highest BCUT2D eigenvalue weighted by Crippen LogP contribution is 2.25. The van der Waals surface area contributed by atoms with Gasteiger partial charge in [0.05, 0.1) is 15.7 Å². The van der Waals surface area contributed by atoms with E-state index in [0.717, 1.165) is 10.8 Å². The van der Waals surface area contributed by atoms with Crippen LogP contribution in [0.4, 0.5) is 11.5 Å². The molecule has 2 heterocycles. The predicted molar refractivity (Wildman–Crippen MR) is 86.0 cm³/mol. The second-order valence-electron chi connectivity index (χ2n) is 4.41. The van der Waals surface area contributed by atoms with Gasteiger partial charge in [-0.05, 0) is 27.4 Å². The Kier molecular flexibility index (Phi) is 3.53. The summed E-state index contributed by atoms with van der Waals surface area (Å²) >= 11 is 3.35. The number of hydrogen-bond acceptors (Lipinski definition) is 4. The third-order valence-corrected chi connectivity index (χ3v) is 3.72. The van der Waals surface area contributed by atoms with Crippen LogP contribution in [0.2, 0.25) is 0 Å². The van der Waals surface area contributed by atoms with Gasteiger partial charge in [-0.3, -0.25) is 9.78 Å². The van der Waals surface area contributed by atoms with Crippen LogP contribution in [0.25, 0.3) is 10.8 Å². The second-order valence-corrected chi connectivity index (χ2v) is 5.27. The first-order chi connectivity index (χ1) is 10.2. The van der Waals surface area contributed by atoms with Gasteiger partial charge in [-0.1, -0.05) is 24.3 Å². The van der Waals surface area contributed by atoms with Crippen LogP contribution in [0.1, 0.15) is 10.4 Å². The van der Waals surface area contributed by atoms with Crippen molar-refractivity contribution in [3.63, 3.8) is 0 Å². The monoisotopic (exact) mass is 342 g/mol. The Morgan fingerprint density at radius 1 is 1.14 bits per heavy atom. The molecule has 5 nitrogen and oxygen atoms in total. The molecule has 1 amide bonds. The van der Waals surface area contributed by atoms with E-state index in [2.05, 4.69) is 31.2 Å². The van der Waals surface area contributed by atoms with Gasteiger partial charge in [0, 0.05) is 24.0 Å². The molecule has 0 fully saturated rings. The summed E-state index contributed by atoms with van der Waals surface area (Å²) < 4.78 is 0.714. The van der Waals surface area contributed by atoms with E-state index in [0.29, 0.717) is 21.5 Å². The Morgan fingerprint density at radius 2 is 1.90 bits per heavy atom. The first kappa shape index (κ1) is 13.5. The molecule has 0 aliphatic rings. The van der Waals surface area contributed by atoms with Gasteiger partial charge in [-0.25, -0.2) is 4.98 Å². The zero-order valence-electron chi connectivity index (χ0n) is 10.9. The van der Waals surface area contributed by atoms with Crippen LogP contribution in [0.5, 0.6) is 0 Å². The number of pyridine rings is 2. The maximum atomic E-state index is 12.5. The number of hydrogen-bond donors (Lipinski definition) is 2. The van der Waals surface area contributed by atoms with E-state index >= 15 is 0 Å². The molecular formula is C15H11BrN4O. The summed E-state index contributed by atoms with van der Waals surface area (Å²) in [6, 6.07) is 9.14. The van der Waals surface area contributed by atoms with Crippen molar-refractivity contribution < 1.29 is 4.79 Å². The highest BCUT2D eigenvalue weighted by atomic mass is 79.9. The van der Waals surface area contributed by atoms with E-state index < -0.39 is 0 Å². The Balaban J connectivity index is 2.03. The van der Waals surface area contributed by atoms with Crippen LogP contribution in [0.3, 0.4) is 0 Å². The summed E-state index contributed by atoms with van der Waals surface area (Å²) in [5, 5.41) is 4.37. The summed E-state index contributed by atoms with van der Waals surface area (Å²) in [6.45, 7) is 0. The minimum atomic E-state index is -0.245. The largest absolute Gasteiger partial charge is 0.383 e. The molecule has 6 heteroatoms. The second kappa shape index (κ2) is 5.49. The van der Waals surface area contributed by atoms with Crippen LogP contribution in [-0.2, 0) is 0 Å². The Labute approximate surface area is 129 Å². The first-order valence-electron chi connectivity index (χ1n) is 6.21. The normalized spacial score (nSPS) is 10.5. The molecule has 1 aromatic carbocycles. The van der Waals surface area contributed by atoms with Crippen molar-refractivity contribution in [2.45, 2.75) is 0 Å². The number of carbonyl (C=O) groups excluding carboxylic acids is 1. The summed E-state index contributed by atoms with van der Waals surface area (Å²) in [6.07, 6.45) is 4.72. The van der Waals surface area contributed by atoms with E-state index in [-0.39, 0.29) is 5.91 Å². The summed E-state index contributed by atoms with van der Waals surface area (Å²) in [7, 11) is 0. The van der Waals surface area contributed by atoms with Gasteiger partial charge in [-0.2, -0.15) is 0 Å². The molecule has 0 bridgehead atoms. The average Bonchev–Trinajstić information content (AvgIpc) is 2.50. The molecule has 0 spiro atoms. The smallest absolute Gasteiger partial charge is 0.257 e. The molecule has 0 saturated heterocycles. The third-order valence-electron chi connectivity index (χ3n) is 3.09. The number of nitrogens with one attached hydrogen (secondary N) is 1. The number of aromatic nitrogens is 2. The first-order valence-corrected chi connectivity index (χ1v) is 7.00. The number of carbonyl (C=O) groups is 1. The fourth-order valence-corrected chi connectivity index (χ4v) is 2.41.